The minimum Gasteiger partial charge on any atom is -0.465 e. The molecule has 0 fully saturated rings. The van der Waals surface area contributed by atoms with E-state index in [1.165, 1.54) is 11.8 Å². The van der Waals surface area contributed by atoms with E-state index in [2.05, 4.69) is 10.3 Å². The van der Waals surface area contributed by atoms with E-state index in [0.29, 0.717) is 11.3 Å². The topological polar surface area (TPSA) is 96.5 Å². The number of esters is 2. The predicted molar refractivity (Wildman–Crippen MR) is 117 cm³/mol. The Balaban J connectivity index is 1.92. The van der Waals surface area contributed by atoms with Gasteiger partial charge in [-0.1, -0.05) is 53.2 Å². The van der Waals surface area contributed by atoms with Gasteiger partial charge in [-0.05, 0) is 26.0 Å². The van der Waals surface area contributed by atoms with E-state index in [4.69, 9.17) is 14.0 Å². The van der Waals surface area contributed by atoms with Crippen molar-refractivity contribution in [3.63, 3.8) is 0 Å². The van der Waals surface area contributed by atoms with Gasteiger partial charge in [0, 0.05) is 11.8 Å². The molecule has 0 amide bonds. The quantitative estimate of drug-likeness (QED) is 0.416. The van der Waals surface area contributed by atoms with Crippen molar-refractivity contribution in [1.82, 2.24) is 14.9 Å². The summed E-state index contributed by atoms with van der Waals surface area (Å²) in [6.07, 6.45) is 1.61. The molecule has 4 rings (SSSR count). The van der Waals surface area contributed by atoms with E-state index in [1.54, 1.807) is 25.3 Å². The minimum absolute atomic E-state index is 0.00772. The first-order valence-corrected chi connectivity index (χ1v) is 10.0. The van der Waals surface area contributed by atoms with E-state index in [-0.39, 0.29) is 29.2 Å². The summed E-state index contributed by atoms with van der Waals surface area (Å²) in [5.74, 6) is -1.20. The van der Waals surface area contributed by atoms with Crippen LogP contribution in [0.2, 0.25) is 0 Å². The Morgan fingerprint density at radius 1 is 1.03 bits per heavy atom. The van der Waals surface area contributed by atoms with E-state index >= 15 is 0 Å². The first kappa shape index (κ1) is 21.0. The number of carbonyl (C=O) groups excluding carboxylic acids is 2. The Hall–Kier alpha value is -4.20. The van der Waals surface area contributed by atoms with Crippen molar-refractivity contribution in [1.29, 1.82) is 0 Å². The second kappa shape index (κ2) is 8.89. The maximum Gasteiger partial charge on any atom is 0.359 e. The van der Waals surface area contributed by atoms with Crippen molar-refractivity contribution in [2.24, 2.45) is 0 Å². The van der Waals surface area contributed by atoms with E-state index < -0.39 is 11.9 Å². The van der Waals surface area contributed by atoms with Gasteiger partial charge in [-0.2, -0.15) is 5.10 Å². The fourth-order valence-electron chi connectivity index (χ4n) is 3.28. The maximum atomic E-state index is 12.7. The number of carbonyl (C=O) groups is 2. The first-order valence-electron chi connectivity index (χ1n) is 10.0. The van der Waals surface area contributed by atoms with Gasteiger partial charge in [0.25, 0.3) is 0 Å². The van der Waals surface area contributed by atoms with Crippen LogP contribution in [0.15, 0.2) is 65.3 Å². The molecule has 0 saturated carbocycles. The van der Waals surface area contributed by atoms with Crippen LogP contribution in [0.25, 0.3) is 28.3 Å². The zero-order valence-corrected chi connectivity index (χ0v) is 17.9. The third-order valence-electron chi connectivity index (χ3n) is 4.85. The molecule has 0 saturated heterocycles. The molecular weight excluding hydrogens is 410 g/mol. The molecule has 0 N–H and O–H groups in total. The lowest BCUT2D eigenvalue weighted by atomic mass is 10.0. The Morgan fingerprint density at radius 3 is 2.41 bits per heavy atom. The highest BCUT2D eigenvalue weighted by molar-refractivity contribution is 6.04. The van der Waals surface area contributed by atoms with Gasteiger partial charge in [-0.3, -0.25) is 0 Å². The molecule has 2 aromatic heterocycles. The lowest BCUT2D eigenvalue weighted by Crippen LogP contribution is -2.09. The second-order valence-corrected chi connectivity index (χ2v) is 6.98. The number of hydrogen-bond donors (Lipinski definition) is 0. The number of methoxy groups -OCH3 is 1. The number of nitrogens with zero attached hydrogens (tertiary/aromatic N) is 3. The normalized spacial score (nSPS) is 10.7. The second-order valence-electron chi connectivity index (χ2n) is 6.98. The van der Waals surface area contributed by atoms with Crippen molar-refractivity contribution in [3.05, 3.63) is 77.6 Å². The van der Waals surface area contributed by atoms with Crippen LogP contribution in [0.1, 0.15) is 33.3 Å². The zero-order valence-electron chi connectivity index (χ0n) is 17.9. The van der Waals surface area contributed by atoms with Gasteiger partial charge in [0.05, 0.1) is 25.0 Å². The Morgan fingerprint density at radius 2 is 1.75 bits per heavy atom. The number of rotatable bonds is 6. The van der Waals surface area contributed by atoms with Gasteiger partial charge in [0.2, 0.25) is 0 Å². The monoisotopic (exact) mass is 431 g/mol. The van der Waals surface area contributed by atoms with Gasteiger partial charge in [0.15, 0.2) is 11.5 Å². The van der Waals surface area contributed by atoms with Gasteiger partial charge in [-0.25, -0.2) is 14.3 Å². The summed E-state index contributed by atoms with van der Waals surface area (Å²) in [5, 5.41) is 8.52. The third kappa shape index (κ3) is 3.90. The number of ether oxygens (including phenoxy) is 2. The molecular formula is C24H21N3O5. The lowest BCUT2D eigenvalue weighted by Gasteiger charge is -2.03. The average molecular weight is 431 g/mol. The number of hydrogen-bond acceptors (Lipinski definition) is 7. The Labute approximate surface area is 184 Å². The molecule has 0 unspecified atom stereocenters. The van der Waals surface area contributed by atoms with Crippen LogP contribution < -0.4 is 0 Å². The van der Waals surface area contributed by atoms with Crippen molar-refractivity contribution in [3.8, 4) is 28.3 Å². The van der Waals surface area contributed by atoms with Crippen molar-refractivity contribution >= 4 is 11.9 Å². The minimum atomic E-state index is -0.641. The van der Waals surface area contributed by atoms with Crippen molar-refractivity contribution in [2.45, 2.75) is 13.8 Å². The molecule has 4 aromatic rings. The van der Waals surface area contributed by atoms with E-state index in [1.807, 2.05) is 49.4 Å². The first-order chi connectivity index (χ1) is 15.5. The summed E-state index contributed by atoms with van der Waals surface area (Å²) < 4.78 is 17.3. The molecule has 0 spiro atoms. The van der Waals surface area contributed by atoms with E-state index in [0.717, 1.165) is 11.3 Å². The van der Waals surface area contributed by atoms with Crippen LogP contribution in [0, 0.1) is 6.92 Å². The lowest BCUT2D eigenvalue weighted by molar-refractivity contribution is 0.0517. The van der Waals surface area contributed by atoms with Crippen LogP contribution in [0.4, 0.5) is 0 Å². The summed E-state index contributed by atoms with van der Waals surface area (Å²) in [7, 11) is 1.27. The van der Waals surface area contributed by atoms with Crippen LogP contribution in [0.3, 0.4) is 0 Å². The highest BCUT2D eigenvalue weighted by Gasteiger charge is 2.31. The fourth-order valence-corrected chi connectivity index (χ4v) is 3.28. The number of aryl methyl sites for hydroxylation is 1. The van der Waals surface area contributed by atoms with Crippen LogP contribution in [-0.2, 0) is 9.47 Å². The molecule has 2 heterocycles. The molecule has 0 aliphatic heterocycles. The standard InChI is InChI=1S/C24H21N3O5/c1-4-31-24(29)21-18(14-27(25-21)17-12-10-15(2)11-13-17)22-19(23(28)30-3)20(26-32-22)16-8-6-5-7-9-16/h5-14H,4H2,1-3H3. The largest absolute Gasteiger partial charge is 0.465 e. The molecule has 0 bridgehead atoms. The summed E-state index contributed by atoms with van der Waals surface area (Å²) in [6.45, 7) is 3.85. The summed E-state index contributed by atoms with van der Waals surface area (Å²) >= 11 is 0. The van der Waals surface area contributed by atoms with Crippen molar-refractivity contribution in [2.75, 3.05) is 13.7 Å². The molecule has 0 radical (unpaired) electrons. The molecule has 8 heteroatoms. The molecule has 0 atom stereocenters. The van der Waals surface area contributed by atoms with Gasteiger partial charge < -0.3 is 14.0 Å². The molecule has 2 aromatic carbocycles. The summed E-state index contributed by atoms with van der Waals surface area (Å²) in [6, 6.07) is 16.7. The SMILES string of the molecule is CCOC(=O)c1nn(-c2ccc(C)cc2)cc1-c1onc(-c2ccccc2)c1C(=O)OC. The van der Waals surface area contributed by atoms with Crippen molar-refractivity contribution < 1.29 is 23.6 Å². The highest BCUT2D eigenvalue weighted by Crippen LogP contribution is 2.35. The average Bonchev–Trinajstić information content (AvgIpc) is 3.44. The smallest absolute Gasteiger partial charge is 0.359 e. The fraction of sp³-hybridized carbons (Fsp3) is 0.167. The highest BCUT2D eigenvalue weighted by atomic mass is 16.5. The van der Waals surface area contributed by atoms with E-state index in [9.17, 15) is 9.59 Å². The molecule has 0 aliphatic rings. The maximum absolute atomic E-state index is 12.7. The van der Waals surface area contributed by atoms with Crippen LogP contribution in [-0.4, -0.2) is 40.6 Å². The molecule has 32 heavy (non-hydrogen) atoms. The van der Waals surface area contributed by atoms with Crippen LogP contribution in [0.5, 0.6) is 0 Å². The number of benzene rings is 2. The molecule has 0 aliphatic carbocycles. The summed E-state index contributed by atoms with van der Waals surface area (Å²) in [4.78, 5) is 25.4. The Kier molecular flexibility index (Phi) is 5.85. The Bertz CT molecular complexity index is 1260. The summed E-state index contributed by atoms with van der Waals surface area (Å²) in [5.41, 5.74) is 3.19. The van der Waals surface area contributed by atoms with Crippen LogP contribution >= 0.6 is 0 Å². The number of aromatic nitrogens is 3. The molecule has 162 valence electrons. The zero-order chi connectivity index (χ0) is 22.7. The van der Waals surface area contributed by atoms with Gasteiger partial charge >= 0.3 is 11.9 Å². The molecule has 8 nitrogen and oxygen atoms in total. The predicted octanol–water partition coefficient (Wildman–Crippen LogP) is 4.47. The van der Waals surface area contributed by atoms with Gasteiger partial charge in [-0.15, -0.1) is 0 Å². The van der Waals surface area contributed by atoms with Gasteiger partial charge in [0.1, 0.15) is 11.3 Å². The third-order valence-corrected chi connectivity index (χ3v) is 4.85.